The molecule has 1 aliphatic carbocycles. The number of carbonyl (C=O) groups excluding carboxylic acids is 1. The van der Waals surface area contributed by atoms with Gasteiger partial charge in [-0.05, 0) is 44.2 Å². The van der Waals surface area contributed by atoms with Crippen LogP contribution in [0.5, 0.6) is 0 Å². The quantitative estimate of drug-likeness (QED) is 0.843. The maximum Gasteiger partial charge on any atom is 0.230 e. The van der Waals surface area contributed by atoms with Crippen molar-refractivity contribution in [3.63, 3.8) is 0 Å². The maximum absolute atomic E-state index is 12.8. The molecule has 20 heavy (non-hydrogen) atoms. The fraction of sp³-hybridized carbons (Fsp3) is 0.529. The van der Waals surface area contributed by atoms with Crippen LogP contribution < -0.4 is 0 Å². The maximum atomic E-state index is 12.8. The Kier molecular flexibility index (Phi) is 4.79. The molecule has 2 rings (SSSR count). The summed E-state index contributed by atoms with van der Waals surface area (Å²) >= 11 is 0. The van der Waals surface area contributed by atoms with E-state index in [2.05, 4.69) is 18.2 Å². The van der Waals surface area contributed by atoms with E-state index in [1.807, 2.05) is 30.9 Å². The van der Waals surface area contributed by atoms with Crippen LogP contribution in [-0.2, 0) is 11.2 Å². The van der Waals surface area contributed by atoms with Crippen molar-refractivity contribution in [1.29, 1.82) is 5.26 Å². The Morgan fingerprint density at radius 1 is 1.45 bits per heavy atom. The average Bonchev–Trinajstić information content (AvgIpc) is 2.46. The molecule has 3 heteroatoms. The van der Waals surface area contributed by atoms with Gasteiger partial charge >= 0.3 is 0 Å². The van der Waals surface area contributed by atoms with E-state index in [4.69, 9.17) is 5.26 Å². The average molecular weight is 270 g/mol. The van der Waals surface area contributed by atoms with Gasteiger partial charge in [-0.2, -0.15) is 5.26 Å². The van der Waals surface area contributed by atoms with Gasteiger partial charge in [-0.3, -0.25) is 4.79 Å². The van der Waals surface area contributed by atoms with Gasteiger partial charge < -0.3 is 4.90 Å². The molecule has 1 aliphatic rings. The van der Waals surface area contributed by atoms with Gasteiger partial charge in [0, 0.05) is 12.6 Å². The zero-order valence-electron chi connectivity index (χ0n) is 12.3. The smallest absolute Gasteiger partial charge is 0.230 e. The summed E-state index contributed by atoms with van der Waals surface area (Å²) in [5.74, 6) is 0.156. The Labute approximate surface area is 121 Å². The van der Waals surface area contributed by atoms with Crippen molar-refractivity contribution in [1.82, 2.24) is 4.90 Å². The van der Waals surface area contributed by atoms with Crippen LogP contribution in [0.2, 0.25) is 0 Å². The fourth-order valence-electron chi connectivity index (χ4n) is 3.00. The lowest BCUT2D eigenvalue weighted by molar-refractivity contribution is -0.134. The minimum atomic E-state index is -0.0268. The number of nitriles is 1. The normalized spacial score (nSPS) is 17.4. The van der Waals surface area contributed by atoms with Gasteiger partial charge in [-0.25, -0.2) is 0 Å². The van der Waals surface area contributed by atoms with Crippen LogP contribution in [0.3, 0.4) is 0 Å². The first-order chi connectivity index (χ1) is 9.65. The van der Waals surface area contributed by atoms with Crippen LogP contribution >= 0.6 is 0 Å². The molecule has 0 bridgehead atoms. The topological polar surface area (TPSA) is 44.1 Å². The summed E-state index contributed by atoms with van der Waals surface area (Å²) in [4.78, 5) is 14.7. The lowest BCUT2D eigenvalue weighted by Crippen LogP contribution is -2.41. The monoisotopic (exact) mass is 270 g/mol. The molecule has 1 atom stereocenters. The summed E-state index contributed by atoms with van der Waals surface area (Å²) in [6.45, 7) is 4.57. The highest BCUT2D eigenvalue weighted by Gasteiger charge is 2.30. The number of nitrogens with zero attached hydrogens (tertiary/aromatic N) is 2. The summed E-state index contributed by atoms with van der Waals surface area (Å²) in [6.07, 6.45) is 3.46. The van der Waals surface area contributed by atoms with Crippen LogP contribution in [0.4, 0.5) is 0 Å². The van der Waals surface area contributed by atoms with Crippen LogP contribution in [-0.4, -0.2) is 23.4 Å². The van der Waals surface area contributed by atoms with Crippen LogP contribution in [0, 0.1) is 11.3 Å². The molecule has 3 nitrogen and oxygen atoms in total. The number of hydrogen-bond acceptors (Lipinski definition) is 2. The van der Waals surface area contributed by atoms with E-state index in [0.29, 0.717) is 13.0 Å². The highest BCUT2D eigenvalue weighted by atomic mass is 16.2. The number of rotatable bonds is 4. The largest absolute Gasteiger partial charge is 0.339 e. The van der Waals surface area contributed by atoms with Crippen molar-refractivity contribution < 1.29 is 4.79 Å². The molecule has 1 aromatic carbocycles. The van der Waals surface area contributed by atoms with E-state index in [1.54, 1.807) is 0 Å². The SMILES string of the molecule is CC(C)N(CCC#N)C(=O)C1CCCc2ccccc21. The number of benzene rings is 1. The van der Waals surface area contributed by atoms with Crippen molar-refractivity contribution in [2.45, 2.75) is 51.5 Å². The Balaban J connectivity index is 2.22. The number of carbonyl (C=O) groups is 1. The first-order valence-corrected chi connectivity index (χ1v) is 7.40. The minimum Gasteiger partial charge on any atom is -0.339 e. The Bertz CT molecular complexity index is 516. The van der Waals surface area contributed by atoms with Crippen molar-refractivity contribution in [2.24, 2.45) is 0 Å². The summed E-state index contributed by atoms with van der Waals surface area (Å²) in [7, 11) is 0. The summed E-state index contributed by atoms with van der Waals surface area (Å²) in [6, 6.07) is 10.5. The highest BCUT2D eigenvalue weighted by Crippen LogP contribution is 2.33. The first kappa shape index (κ1) is 14.6. The summed E-state index contributed by atoms with van der Waals surface area (Å²) < 4.78 is 0. The Morgan fingerprint density at radius 3 is 2.90 bits per heavy atom. The van der Waals surface area contributed by atoms with Crippen LogP contribution in [0.1, 0.15) is 50.2 Å². The van der Waals surface area contributed by atoms with Crippen LogP contribution in [0.15, 0.2) is 24.3 Å². The van der Waals surface area contributed by atoms with Gasteiger partial charge in [0.25, 0.3) is 0 Å². The molecule has 1 aromatic rings. The van der Waals surface area contributed by atoms with E-state index in [1.165, 1.54) is 11.1 Å². The van der Waals surface area contributed by atoms with Gasteiger partial charge in [0.2, 0.25) is 5.91 Å². The molecule has 0 heterocycles. The molecule has 1 amide bonds. The molecular weight excluding hydrogens is 248 g/mol. The van der Waals surface area contributed by atoms with Gasteiger partial charge in [-0.15, -0.1) is 0 Å². The predicted molar refractivity (Wildman–Crippen MR) is 79.2 cm³/mol. The first-order valence-electron chi connectivity index (χ1n) is 7.40. The number of fused-ring (bicyclic) bond motifs is 1. The molecule has 0 saturated carbocycles. The highest BCUT2D eigenvalue weighted by molar-refractivity contribution is 5.84. The van der Waals surface area contributed by atoms with Gasteiger partial charge in [-0.1, -0.05) is 24.3 Å². The number of amides is 1. The summed E-state index contributed by atoms with van der Waals surface area (Å²) in [5, 5.41) is 8.76. The van der Waals surface area contributed by atoms with Crippen molar-refractivity contribution in [3.8, 4) is 6.07 Å². The lowest BCUT2D eigenvalue weighted by Gasteiger charge is -2.33. The fourth-order valence-corrected chi connectivity index (χ4v) is 3.00. The molecule has 106 valence electrons. The van der Waals surface area contributed by atoms with E-state index in [9.17, 15) is 4.79 Å². The van der Waals surface area contributed by atoms with Crippen molar-refractivity contribution in [3.05, 3.63) is 35.4 Å². The van der Waals surface area contributed by atoms with Crippen LogP contribution in [0.25, 0.3) is 0 Å². The molecule has 1 unspecified atom stereocenters. The Morgan fingerprint density at radius 2 is 2.20 bits per heavy atom. The molecule has 0 N–H and O–H groups in total. The third-order valence-electron chi connectivity index (χ3n) is 4.04. The molecule has 0 saturated heterocycles. The Hall–Kier alpha value is -1.82. The zero-order chi connectivity index (χ0) is 14.5. The second kappa shape index (κ2) is 6.56. The molecule has 0 aliphatic heterocycles. The van der Waals surface area contributed by atoms with E-state index in [0.717, 1.165) is 19.3 Å². The van der Waals surface area contributed by atoms with E-state index in [-0.39, 0.29) is 17.9 Å². The molecule has 0 spiro atoms. The van der Waals surface area contributed by atoms with Crippen molar-refractivity contribution >= 4 is 5.91 Å². The summed E-state index contributed by atoms with van der Waals surface area (Å²) in [5.41, 5.74) is 2.49. The van der Waals surface area contributed by atoms with Gasteiger partial charge in [0.15, 0.2) is 0 Å². The second-order valence-electron chi connectivity index (χ2n) is 5.68. The molecule has 0 fully saturated rings. The van der Waals surface area contributed by atoms with E-state index >= 15 is 0 Å². The van der Waals surface area contributed by atoms with Crippen molar-refractivity contribution in [2.75, 3.05) is 6.54 Å². The third kappa shape index (κ3) is 3.01. The minimum absolute atomic E-state index is 0.0268. The third-order valence-corrected chi connectivity index (χ3v) is 4.04. The standard InChI is InChI=1S/C17H22N2O/c1-13(2)19(12-6-11-18)17(20)16-10-5-8-14-7-3-4-9-15(14)16/h3-4,7,9,13,16H,5-6,8,10,12H2,1-2H3. The molecule has 0 aromatic heterocycles. The van der Waals surface area contributed by atoms with E-state index < -0.39 is 0 Å². The number of hydrogen-bond donors (Lipinski definition) is 0. The number of aryl methyl sites for hydroxylation is 1. The predicted octanol–water partition coefficient (Wildman–Crippen LogP) is 3.26. The van der Waals surface area contributed by atoms with Gasteiger partial charge in [0.05, 0.1) is 18.4 Å². The van der Waals surface area contributed by atoms with Gasteiger partial charge in [0.1, 0.15) is 0 Å². The molecule has 0 radical (unpaired) electrons. The molecular formula is C17H22N2O. The zero-order valence-corrected chi connectivity index (χ0v) is 12.3. The second-order valence-corrected chi connectivity index (χ2v) is 5.68. The lowest BCUT2D eigenvalue weighted by atomic mass is 9.82.